The van der Waals surface area contributed by atoms with Crippen LogP contribution in [0.4, 0.5) is 15.8 Å². The number of halogens is 1. The summed E-state index contributed by atoms with van der Waals surface area (Å²) in [5, 5.41) is 1.39. The van der Waals surface area contributed by atoms with Gasteiger partial charge in [-0.1, -0.05) is 12.1 Å². The van der Waals surface area contributed by atoms with Crippen molar-refractivity contribution in [2.45, 2.75) is 16.6 Å². The first-order valence-corrected chi connectivity index (χ1v) is 10.6. The molecule has 0 aliphatic carbocycles. The number of anilines is 2. The molecule has 30 heavy (non-hydrogen) atoms. The molecule has 0 spiro atoms. The van der Waals surface area contributed by atoms with E-state index in [0.717, 1.165) is 4.90 Å². The second-order valence-corrected chi connectivity index (χ2v) is 8.85. The number of hydrogen-bond acceptors (Lipinski definition) is 5. The average Bonchev–Trinajstić information content (AvgIpc) is 3.23. The first-order valence-electron chi connectivity index (χ1n) is 9.08. The van der Waals surface area contributed by atoms with Crippen molar-refractivity contribution < 1.29 is 26.8 Å². The van der Waals surface area contributed by atoms with E-state index < -0.39 is 39.3 Å². The Kier molecular flexibility index (Phi) is 5.13. The van der Waals surface area contributed by atoms with Crippen molar-refractivity contribution in [1.82, 2.24) is 0 Å². The Morgan fingerprint density at radius 1 is 1.10 bits per heavy atom. The maximum atomic E-state index is 13.2. The Morgan fingerprint density at radius 2 is 1.83 bits per heavy atom. The van der Waals surface area contributed by atoms with E-state index in [2.05, 4.69) is 5.32 Å². The van der Waals surface area contributed by atoms with Crippen molar-refractivity contribution in [1.29, 1.82) is 0 Å². The number of rotatable bonds is 4. The highest BCUT2D eigenvalue weighted by molar-refractivity contribution is 7.91. The summed E-state index contributed by atoms with van der Waals surface area (Å²) in [5.41, 5.74) is 0.490. The fourth-order valence-electron chi connectivity index (χ4n) is 3.37. The number of para-hydroxylation sites is 1. The van der Waals surface area contributed by atoms with E-state index in [9.17, 15) is 22.4 Å². The van der Waals surface area contributed by atoms with Gasteiger partial charge in [0.1, 0.15) is 23.4 Å². The highest BCUT2D eigenvalue weighted by Gasteiger charge is 2.41. The Labute approximate surface area is 172 Å². The van der Waals surface area contributed by atoms with Crippen molar-refractivity contribution in [3.8, 4) is 0 Å². The standard InChI is InChI=1S/C21H17FN2O5S/c22-14-7-9-15(10-8-14)23-20(25)13-24-16-4-1-2-6-18(16)30(27,28)19(12-21(24)26)17-5-3-11-29-17/h1-11,19H,12-13H2,(H,23,25). The summed E-state index contributed by atoms with van der Waals surface area (Å²) < 4.78 is 44.8. The topological polar surface area (TPSA) is 96.7 Å². The monoisotopic (exact) mass is 428 g/mol. The minimum atomic E-state index is -3.94. The largest absolute Gasteiger partial charge is 0.468 e. The van der Waals surface area contributed by atoms with Crippen molar-refractivity contribution in [3.63, 3.8) is 0 Å². The number of sulfone groups is 1. The molecule has 2 aromatic carbocycles. The van der Waals surface area contributed by atoms with Gasteiger partial charge in [-0.05, 0) is 48.5 Å². The van der Waals surface area contributed by atoms with Gasteiger partial charge in [-0.15, -0.1) is 0 Å². The predicted molar refractivity (Wildman–Crippen MR) is 107 cm³/mol. The number of carbonyl (C=O) groups excluding carboxylic acids is 2. The Morgan fingerprint density at radius 3 is 2.53 bits per heavy atom. The van der Waals surface area contributed by atoms with Crippen LogP contribution in [0.5, 0.6) is 0 Å². The van der Waals surface area contributed by atoms with Crippen molar-refractivity contribution in [2.24, 2.45) is 0 Å². The van der Waals surface area contributed by atoms with Crippen molar-refractivity contribution >= 4 is 33.0 Å². The molecule has 1 atom stereocenters. The van der Waals surface area contributed by atoms with Crippen molar-refractivity contribution in [2.75, 3.05) is 16.8 Å². The van der Waals surface area contributed by atoms with E-state index in [0.29, 0.717) is 5.69 Å². The number of fused-ring (bicyclic) bond motifs is 1. The van der Waals surface area contributed by atoms with E-state index in [4.69, 9.17) is 4.42 Å². The van der Waals surface area contributed by atoms with E-state index in [1.807, 2.05) is 0 Å². The molecule has 1 aromatic heterocycles. The molecule has 154 valence electrons. The molecule has 1 unspecified atom stereocenters. The molecular formula is C21H17FN2O5S. The number of furan rings is 1. The lowest BCUT2D eigenvalue weighted by Gasteiger charge is -2.21. The first-order chi connectivity index (χ1) is 14.4. The van der Waals surface area contributed by atoms with Gasteiger partial charge in [0, 0.05) is 5.69 Å². The molecule has 4 rings (SSSR count). The van der Waals surface area contributed by atoms with E-state index in [-0.39, 0.29) is 22.8 Å². The molecule has 0 saturated heterocycles. The number of amides is 2. The third kappa shape index (κ3) is 3.71. The van der Waals surface area contributed by atoms with Crippen LogP contribution in [0, 0.1) is 5.82 Å². The van der Waals surface area contributed by atoms with Crippen LogP contribution in [0.2, 0.25) is 0 Å². The van der Waals surface area contributed by atoms with E-state index in [1.165, 1.54) is 48.7 Å². The summed E-state index contributed by atoms with van der Waals surface area (Å²) in [5.74, 6) is -1.35. The lowest BCUT2D eigenvalue weighted by atomic mass is 10.2. The van der Waals surface area contributed by atoms with Gasteiger partial charge in [-0.2, -0.15) is 0 Å². The van der Waals surface area contributed by atoms with Crippen LogP contribution < -0.4 is 10.2 Å². The number of nitrogens with one attached hydrogen (secondary N) is 1. The second-order valence-electron chi connectivity index (χ2n) is 6.76. The second kappa shape index (κ2) is 7.75. The molecule has 9 heteroatoms. The number of nitrogens with zero attached hydrogens (tertiary/aromatic N) is 1. The van der Waals surface area contributed by atoms with Crippen LogP contribution in [-0.2, 0) is 19.4 Å². The molecule has 1 N–H and O–H groups in total. The number of carbonyl (C=O) groups is 2. The lowest BCUT2D eigenvalue weighted by Crippen LogP contribution is -2.38. The Balaban J connectivity index is 1.67. The molecule has 2 amide bonds. The molecule has 3 aromatic rings. The quantitative estimate of drug-likeness (QED) is 0.688. The molecule has 0 saturated carbocycles. The minimum absolute atomic E-state index is 0.0492. The zero-order chi connectivity index (χ0) is 21.3. The first kappa shape index (κ1) is 19.8. The normalized spacial score (nSPS) is 17.8. The fraction of sp³-hybridized carbons (Fsp3) is 0.143. The van der Waals surface area contributed by atoms with E-state index in [1.54, 1.807) is 18.2 Å². The molecule has 1 aliphatic rings. The summed E-state index contributed by atoms with van der Waals surface area (Å²) in [4.78, 5) is 26.6. The Hall–Kier alpha value is -3.46. The van der Waals surface area contributed by atoms with Gasteiger partial charge >= 0.3 is 0 Å². The zero-order valence-corrected chi connectivity index (χ0v) is 16.4. The smallest absolute Gasteiger partial charge is 0.244 e. The lowest BCUT2D eigenvalue weighted by molar-refractivity contribution is -0.121. The van der Waals surface area contributed by atoms with Gasteiger partial charge in [0.2, 0.25) is 11.8 Å². The Bertz CT molecular complexity index is 1190. The molecule has 1 aliphatic heterocycles. The molecular weight excluding hydrogens is 411 g/mol. The van der Waals surface area contributed by atoms with Gasteiger partial charge in [-0.25, -0.2) is 12.8 Å². The summed E-state index contributed by atoms with van der Waals surface area (Å²) in [6.07, 6.45) is 0.981. The third-order valence-electron chi connectivity index (χ3n) is 4.79. The van der Waals surface area contributed by atoms with Crippen LogP contribution in [-0.4, -0.2) is 26.8 Å². The van der Waals surface area contributed by atoms with Gasteiger partial charge in [0.15, 0.2) is 9.84 Å². The molecule has 0 fully saturated rings. The summed E-state index contributed by atoms with van der Waals surface area (Å²) in [6.45, 7) is -0.395. The third-order valence-corrected chi connectivity index (χ3v) is 6.89. The SMILES string of the molecule is O=C(CN1C(=O)CC(c2ccco2)S(=O)(=O)c2ccccc21)Nc1ccc(F)cc1. The zero-order valence-electron chi connectivity index (χ0n) is 15.6. The maximum Gasteiger partial charge on any atom is 0.244 e. The van der Waals surface area contributed by atoms with Gasteiger partial charge in [-0.3, -0.25) is 9.59 Å². The van der Waals surface area contributed by atoms with Crippen molar-refractivity contribution in [3.05, 3.63) is 78.5 Å². The molecule has 7 nitrogen and oxygen atoms in total. The van der Waals surface area contributed by atoms with Crippen LogP contribution in [0.3, 0.4) is 0 Å². The van der Waals surface area contributed by atoms with Gasteiger partial charge < -0.3 is 14.6 Å². The predicted octanol–water partition coefficient (Wildman–Crippen LogP) is 3.31. The maximum absolute atomic E-state index is 13.2. The highest BCUT2D eigenvalue weighted by Crippen LogP contribution is 2.40. The summed E-state index contributed by atoms with van der Waals surface area (Å²) >= 11 is 0. The molecule has 2 heterocycles. The molecule has 0 bridgehead atoms. The summed E-state index contributed by atoms with van der Waals surface area (Å²) in [6, 6.07) is 14.3. The van der Waals surface area contributed by atoms with Crippen LogP contribution >= 0.6 is 0 Å². The van der Waals surface area contributed by atoms with Crippen LogP contribution in [0.25, 0.3) is 0 Å². The van der Waals surface area contributed by atoms with Gasteiger partial charge in [0.25, 0.3) is 0 Å². The number of benzene rings is 2. The molecule has 0 radical (unpaired) electrons. The summed E-state index contributed by atoms with van der Waals surface area (Å²) in [7, 11) is -3.94. The van der Waals surface area contributed by atoms with Crippen LogP contribution in [0.1, 0.15) is 17.4 Å². The number of hydrogen-bond donors (Lipinski definition) is 1. The average molecular weight is 428 g/mol. The highest BCUT2D eigenvalue weighted by atomic mass is 32.2. The van der Waals surface area contributed by atoms with Gasteiger partial charge in [0.05, 0.1) is 23.3 Å². The fourth-order valence-corrected chi connectivity index (χ4v) is 5.21. The van der Waals surface area contributed by atoms with E-state index >= 15 is 0 Å². The minimum Gasteiger partial charge on any atom is -0.468 e. The van der Waals surface area contributed by atoms with Crippen LogP contribution in [0.15, 0.2) is 76.2 Å².